The molecule has 23 heavy (non-hydrogen) atoms. The van der Waals surface area contributed by atoms with Gasteiger partial charge < -0.3 is 14.0 Å². The maximum atomic E-state index is 12.3. The maximum absolute atomic E-state index is 12.3. The van der Waals surface area contributed by atoms with Crippen LogP contribution in [-0.4, -0.2) is 18.8 Å². The Bertz CT molecular complexity index is 722. The van der Waals surface area contributed by atoms with E-state index in [2.05, 4.69) is 6.92 Å². The highest BCUT2D eigenvalue weighted by atomic mass is 16.5. The Morgan fingerprint density at radius 3 is 2.13 bits per heavy atom. The molecule has 0 atom stereocenters. The monoisotopic (exact) mass is 315 g/mol. The number of unbranched alkanes of at least 4 members (excludes halogenated alkanes) is 1. The van der Waals surface area contributed by atoms with Crippen molar-refractivity contribution in [2.45, 2.75) is 40.2 Å². The third-order valence-corrected chi connectivity index (χ3v) is 4.10. The van der Waals surface area contributed by atoms with Crippen LogP contribution in [0.1, 0.15) is 30.9 Å². The van der Waals surface area contributed by atoms with E-state index >= 15 is 0 Å². The summed E-state index contributed by atoms with van der Waals surface area (Å²) in [7, 11) is 3.30. The molecular weight excluding hydrogens is 290 g/mol. The van der Waals surface area contributed by atoms with Gasteiger partial charge in [0.15, 0.2) is 0 Å². The first-order chi connectivity index (χ1) is 11.0. The van der Waals surface area contributed by atoms with Crippen molar-refractivity contribution in [2.75, 3.05) is 14.2 Å². The minimum Gasteiger partial charge on any atom is -0.496 e. The summed E-state index contributed by atoms with van der Waals surface area (Å²) in [6.45, 7) is 6.69. The Kier molecular flexibility index (Phi) is 5.48. The van der Waals surface area contributed by atoms with E-state index in [1.807, 2.05) is 38.2 Å². The molecular formula is C19H25NO3. The van der Waals surface area contributed by atoms with Crippen LogP contribution in [0.2, 0.25) is 0 Å². The standard InChI is InChI=1S/C19H25NO3/c1-6-7-8-20-12-16(9-13(2)19(20)21)15-10-17(22-4)14(3)18(11-15)23-5/h9-12H,6-8H2,1-5H3. The first-order valence-electron chi connectivity index (χ1n) is 7.95. The van der Waals surface area contributed by atoms with Gasteiger partial charge in [-0.3, -0.25) is 4.79 Å². The molecule has 0 amide bonds. The minimum atomic E-state index is 0.0771. The molecule has 0 radical (unpaired) electrons. The number of aromatic nitrogens is 1. The van der Waals surface area contributed by atoms with Crippen molar-refractivity contribution in [3.05, 3.63) is 45.9 Å². The van der Waals surface area contributed by atoms with E-state index in [4.69, 9.17) is 9.47 Å². The summed E-state index contributed by atoms with van der Waals surface area (Å²) in [6.07, 6.45) is 3.97. The van der Waals surface area contributed by atoms with E-state index < -0.39 is 0 Å². The van der Waals surface area contributed by atoms with Crippen LogP contribution in [0.3, 0.4) is 0 Å². The van der Waals surface area contributed by atoms with E-state index in [1.165, 1.54) is 0 Å². The Labute approximate surface area is 137 Å². The van der Waals surface area contributed by atoms with Crippen molar-refractivity contribution in [1.82, 2.24) is 4.57 Å². The number of methoxy groups -OCH3 is 2. The van der Waals surface area contributed by atoms with Gasteiger partial charge in [-0.1, -0.05) is 13.3 Å². The van der Waals surface area contributed by atoms with Crippen LogP contribution in [0, 0.1) is 13.8 Å². The molecule has 0 saturated carbocycles. The number of hydrogen-bond acceptors (Lipinski definition) is 3. The van der Waals surface area contributed by atoms with Crippen LogP contribution < -0.4 is 15.0 Å². The highest BCUT2D eigenvalue weighted by Gasteiger charge is 2.12. The van der Waals surface area contributed by atoms with Crippen LogP contribution in [0.15, 0.2) is 29.2 Å². The Balaban J connectivity index is 2.57. The van der Waals surface area contributed by atoms with E-state index in [1.54, 1.807) is 18.8 Å². The molecule has 0 aliphatic heterocycles. The fraction of sp³-hybridized carbons (Fsp3) is 0.421. The molecule has 0 aliphatic carbocycles. The van der Waals surface area contributed by atoms with E-state index in [0.717, 1.165) is 53.1 Å². The summed E-state index contributed by atoms with van der Waals surface area (Å²) in [4.78, 5) is 12.3. The smallest absolute Gasteiger partial charge is 0.253 e. The van der Waals surface area contributed by atoms with Gasteiger partial charge in [0.1, 0.15) is 11.5 Å². The number of hydrogen-bond donors (Lipinski definition) is 0. The molecule has 4 nitrogen and oxygen atoms in total. The number of aryl methyl sites for hydroxylation is 2. The summed E-state index contributed by atoms with van der Waals surface area (Å²) in [5.41, 5.74) is 3.77. The lowest BCUT2D eigenvalue weighted by molar-refractivity contribution is 0.389. The van der Waals surface area contributed by atoms with Crippen molar-refractivity contribution < 1.29 is 9.47 Å². The fourth-order valence-corrected chi connectivity index (χ4v) is 2.69. The number of ether oxygens (including phenoxy) is 2. The molecule has 0 saturated heterocycles. The van der Waals surface area contributed by atoms with Gasteiger partial charge in [0, 0.05) is 23.9 Å². The van der Waals surface area contributed by atoms with Crippen LogP contribution in [0.4, 0.5) is 0 Å². The first kappa shape index (κ1) is 17.1. The van der Waals surface area contributed by atoms with Crippen molar-refractivity contribution in [3.63, 3.8) is 0 Å². The summed E-state index contributed by atoms with van der Waals surface area (Å²) in [5, 5.41) is 0. The zero-order valence-corrected chi connectivity index (χ0v) is 14.6. The zero-order chi connectivity index (χ0) is 17.0. The minimum absolute atomic E-state index is 0.0771. The highest BCUT2D eigenvalue weighted by molar-refractivity contribution is 5.69. The lowest BCUT2D eigenvalue weighted by Crippen LogP contribution is -2.21. The summed E-state index contributed by atoms with van der Waals surface area (Å²) in [5.74, 6) is 1.56. The average molecular weight is 315 g/mol. The summed E-state index contributed by atoms with van der Waals surface area (Å²) in [6, 6.07) is 5.90. The second kappa shape index (κ2) is 7.36. The van der Waals surface area contributed by atoms with Crippen molar-refractivity contribution in [2.24, 2.45) is 0 Å². The van der Waals surface area contributed by atoms with Crippen LogP contribution in [-0.2, 0) is 6.54 Å². The van der Waals surface area contributed by atoms with Crippen molar-refractivity contribution in [1.29, 1.82) is 0 Å². The van der Waals surface area contributed by atoms with E-state index in [9.17, 15) is 4.79 Å². The molecule has 2 aromatic rings. The number of rotatable bonds is 6. The Hall–Kier alpha value is -2.23. The SMILES string of the molecule is CCCCn1cc(-c2cc(OC)c(C)c(OC)c2)cc(C)c1=O. The molecule has 1 aromatic carbocycles. The summed E-state index contributed by atoms with van der Waals surface area (Å²) < 4.78 is 12.7. The molecule has 0 aliphatic rings. The molecule has 0 N–H and O–H groups in total. The second-order valence-corrected chi connectivity index (χ2v) is 5.77. The average Bonchev–Trinajstić information content (AvgIpc) is 2.56. The Morgan fingerprint density at radius 1 is 1.00 bits per heavy atom. The topological polar surface area (TPSA) is 40.5 Å². The quantitative estimate of drug-likeness (QED) is 0.810. The largest absolute Gasteiger partial charge is 0.496 e. The molecule has 1 heterocycles. The van der Waals surface area contributed by atoms with Gasteiger partial charge in [0.25, 0.3) is 5.56 Å². The van der Waals surface area contributed by atoms with Gasteiger partial charge in [0.05, 0.1) is 14.2 Å². The molecule has 124 valence electrons. The first-order valence-corrected chi connectivity index (χ1v) is 7.95. The van der Waals surface area contributed by atoms with Gasteiger partial charge in [-0.25, -0.2) is 0 Å². The molecule has 4 heteroatoms. The highest BCUT2D eigenvalue weighted by Crippen LogP contribution is 2.34. The second-order valence-electron chi connectivity index (χ2n) is 5.77. The molecule has 0 spiro atoms. The fourth-order valence-electron chi connectivity index (χ4n) is 2.69. The summed E-state index contributed by atoms with van der Waals surface area (Å²) >= 11 is 0. The normalized spacial score (nSPS) is 10.7. The number of benzene rings is 1. The lowest BCUT2D eigenvalue weighted by atomic mass is 10.0. The third kappa shape index (κ3) is 3.58. The Morgan fingerprint density at radius 2 is 1.61 bits per heavy atom. The van der Waals surface area contributed by atoms with Gasteiger partial charge in [-0.2, -0.15) is 0 Å². The number of pyridine rings is 1. The van der Waals surface area contributed by atoms with E-state index in [0.29, 0.717) is 0 Å². The maximum Gasteiger partial charge on any atom is 0.253 e. The van der Waals surface area contributed by atoms with Gasteiger partial charge in [-0.15, -0.1) is 0 Å². The van der Waals surface area contributed by atoms with Gasteiger partial charge in [-0.05, 0) is 49.6 Å². The van der Waals surface area contributed by atoms with E-state index in [-0.39, 0.29) is 5.56 Å². The van der Waals surface area contributed by atoms with Gasteiger partial charge in [0.2, 0.25) is 0 Å². The third-order valence-electron chi connectivity index (χ3n) is 4.10. The van der Waals surface area contributed by atoms with Crippen LogP contribution in [0.5, 0.6) is 11.5 Å². The molecule has 0 fully saturated rings. The lowest BCUT2D eigenvalue weighted by Gasteiger charge is -2.14. The van der Waals surface area contributed by atoms with Crippen LogP contribution in [0.25, 0.3) is 11.1 Å². The van der Waals surface area contributed by atoms with Gasteiger partial charge >= 0.3 is 0 Å². The predicted octanol–water partition coefficient (Wildman–Crippen LogP) is 3.95. The predicted molar refractivity (Wildman–Crippen MR) is 93.6 cm³/mol. The molecule has 2 rings (SSSR count). The van der Waals surface area contributed by atoms with Crippen molar-refractivity contribution >= 4 is 0 Å². The molecule has 0 unspecified atom stereocenters. The zero-order valence-electron chi connectivity index (χ0n) is 14.6. The number of nitrogens with zero attached hydrogens (tertiary/aromatic N) is 1. The van der Waals surface area contributed by atoms with Crippen LogP contribution >= 0.6 is 0 Å². The van der Waals surface area contributed by atoms with Crippen molar-refractivity contribution in [3.8, 4) is 22.6 Å². The molecule has 1 aromatic heterocycles. The molecule has 0 bridgehead atoms.